The van der Waals surface area contributed by atoms with E-state index in [2.05, 4.69) is 19.7 Å². The molecule has 122 valence electrons. The first-order valence-electron chi connectivity index (χ1n) is 7.73. The standard InChI is InChI=1S/C18H18N4OS/c1-12-6-5-8-14(13(12)2)20-16(23)9-10-17-21-18(22-24-17)15-7-3-4-11-19-15/h3-8,11H,9-10H2,1-2H3,(H,20,23). The van der Waals surface area contributed by atoms with E-state index in [9.17, 15) is 4.79 Å². The minimum Gasteiger partial charge on any atom is -0.326 e. The van der Waals surface area contributed by atoms with Crippen molar-refractivity contribution >= 4 is 23.1 Å². The molecular formula is C18H18N4OS. The summed E-state index contributed by atoms with van der Waals surface area (Å²) < 4.78 is 4.31. The number of pyridine rings is 1. The lowest BCUT2D eigenvalue weighted by atomic mass is 10.1. The first kappa shape index (κ1) is 16.3. The van der Waals surface area contributed by atoms with E-state index >= 15 is 0 Å². The van der Waals surface area contributed by atoms with Crippen LogP contribution in [0.15, 0.2) is 42.6 Å². The number of carbonyl (C=O) groups excluding carboxylic acids is 1. The maximum Gasteiger partial charge on any atom is 0.224 e. The summed E-state index contributed by atoms with van der Waals surface area (Å²) in [6.45, 7) is 4.04. The van der Waals surface area contributed by atoms with Gasteiger partial charge in [-0.05, 0) is 54.7 Å². The van der Waals surface area contributed by atoms with Gasteiger partial charge in [0.2, 0.25) is 5.91 Å². The van der Waals surface area contributed by atoms with Crippen LogP contribution in [-0.2, 0) is 11.2 Å². The number of amides is 1. The summed E-state index contributed by atoms with van der Waals surface area (Å²) in [5.41, 5.74) is 3.88. The van der Waals surface area contributed by atoms with Crippen LogP contribution >= 0.6 is 11.5 Å². The zero-order valence-electron chi connectivity index (χ0n) is 13.6. The van der Waals surface area contributed by atoms with Gasteiger partial charge < -0.3 is 5.32 Å². The van der Waals surface area contributed by atoms with E-state index in [1.54, 1.807) is 6.20 Å². The highest BCUT2D eigenvalue weighted by atomic mass is 32.1. The molecule has 0 aliphatic carbocycles. The molecule has 5 nitrogen and oxygen atoms in total. The predicted molar refractivity (Wildman–Crippen MR) is 96.0 cm³/mol. The molecule has 0 unspecified atom stereocenters. The number of aryl methyl sites for hydroxylation is 2. The van der Waals surface area contributed by atoms with Crippen molar-refractivity contribution in [3.63, 3.8) is 0 Å². The van der Waals surface area contributed by atoms with Crippen molar-refractivity contribution in [1.29, 1.82) is 0 Å². The Hall–Kier alpha value is -2.60. The van der Waals surface area contributed by atoms with Gasteiger partial charge in [-0.25, -0.2) is 4.98 Å². The average molecular weight is 338 g/mol. The molecule has 0 aliphatic heterocycles. The van der Waals surface area contributed by atoms with Gasteiger partial charge >= 0.3 is 0 Å². The molecule has 0 aliphatic rings. The molecule has 0 bridgehead atoms. The monoisotopic (exact) mass is 338 g/mol. The smallest absolute Gasteiger partial charge is 0.224 e. The fourth-order valence-corrected chi connectivity index (χ4v) is 2.92. The second-order valence-corrected chi connectivity index (χ2v) is 6.36. The van der Waals surface area contributed by atoms with Gasteiger partial charge in [0.15, 0.2) is 5.82 Å². The Morgan fingerprint density at radius 3 is 2.83 bits per heavy atom. The van der Waals surface area contributed by atoms with E-state index in [4.69, 9.17) is 0 Å². The van der Waals surface area contributed by atoms with Crippen LogP contribution in [0.25, 0.3) is 11.5 Å². The van der Waals surface area contributed by atoms with E-state index < -0.39 is 0 Å². The fraction of sp³-hybridized carbons (Fsp3) is 0.222. The van der Waals surface area contributed by atoms with Gasteiger partial charge in [-0.15, -0.1) is 0 Å². The zero-order valence-corrected chi connectivity index (χ0v) is 14.4. The minimum absolute atomic E-state index is 0.0155. The van der Waals surface area contributed by atoms with Crippen molar-refractivity contribution in [3.05, 3.63) is 58.7 Å². The maximum absolute atomic E-state index is 12.2. The van der Waals surface area contributed by atoms with E-state index in [1.165, 1.54) is 11.5 Å². The van der Waals surface area contributed by atoms with Crippen LogP contribution in [0, 0.1) is 13.8 Å². The number of anilines is 1. The molecule has 3 rings (SSSR count). The number of rotatable bonds is 5. The topological polar surface area (TPSA) is 67.8 Å². The number of nitrogens with zero attached hydrogens (tertiary/aromatic N) is 3. The van der Waals surface area contributed by atoms with Crippen molar-refractivity contribution in [2.45, 2.75) is 26.7 Å². The number of aromatic nitrogens is 3. The molecule has 2 heterocycles. The zero-order chi connectivity index (χ0) is 16.9. The Morgan fingerprint density at radius 1 is 1.17 bits per heavy atom. The van der Waals surface area contributed by atoms with Crippen molar-refractivity contribution in [3.8, 4) is 11.5 Å². The second kappa shape index (κ2) is 7.31. The van der Waals surface area contributed by atoms with Crippen LogP contribution in [-0.4, -0.2) is 20.2 Å². The molecule has 1 amide bonds. The van der Waals surface area contributed by atoms with Crippen molar-refractivity contribution in [2.75, 3.05) is 5.32 Å². The molecule has 0 radical (unpaired) electrons. The summed E-state index contributed by atoms with van der Waals surface area (Å²) >= 11 is 1.32. The molecule has 0 saturated heterocycles. The van der Waals surface area contributed by atoms with Gasteiger partial charge in [0.1, 0.15) is 10.7 Å². The van der Waals surface area contributed by atoms with Gasteiger partial charge in [-0.1, -0.05) is 18.2 Å². The first-order chi connectivity index (χ1) is 11.6. The third-order valence-electron chi connectivity index (χ3n) is 3.81. The Labute approximate surface area is 145 Å². The SMILES string of the molecule is Cc1cccc(NC(=O)CCc2nc(-c3ccccn3)ns2)c1C. The quantitative estimate of drug-likeness (QED) is 0.768. The van der Waals surface area contributed by atoms with Crippen LogP contribution < -0.4 is 5.32 Å². The molecule has 2 aromatic heterocycles. The molecule has 0 fully saturated rings. The first-order valence-corrected chi connectivity index (χ1v) is 8.51. The lowest BCUT2D eigenvalue weighted by molar-refractivity contribution is -0.116. The molecule has 1 N–H and O–H groups in total. The summed E-state index contributed by atoms with van der Waals surface area (Å²) in [5.74, 6) is 0.601. The predicted octanol–water partition coefficient (Wildman–Crippen LogP) is 3.79. The second-order valence-electron chi connectivity index (χ2n) is 5.52. The average Bonchev–Trinajstić information content (AvgIpc) is 3.07. The highest BCUT2D eigenvalue weighted by Crippen LogP contribution is 2.19. The Morgan fingerprint density at radius 2 is 2.04 bits per heavy atom. The number of carbonyl (C=O) groups is 1. The molecule has 6 heteroatoms. The van der Waals surface area contributed by atoms with E-state index in [0.717, 1.165) is 27.5 Å². The van der Waals surface area contributed by atoms with Gasteiger partial charge in [0.25, 0.3) is 0 Å². The highest BCUT2D eigenvalue weighted by Gasteiger charge is 2.10. The van der Waals surface area contributed by atoms with Gasteiger partial charge in [-0.3, -0.25) is 9.78 Å². The van der Waals surface area contributed by atoms with E-state index in [1.807, 2.05) is 50.2 Å². The lowest BCUT2D eigenvalue weighted by Crippen LogP contribution is -2.13. The summed E-state index contributed by atoms with van der Waals surface area (Å²) in [4.78, 5) is 20.8. The molecule has 3 aromatic rings. The molecule has 0 atom stereocenters. The van der Waals surface area contributed by atoms with E-state index in [-0.39, 0.29) is 5.91 Å². The van der Waals surface area contributed by atoms with Gasteiger partial charge in [-0.2, -0.15) is 4.37 Å². The number of hydrogen-bond acceptors (Lipinski definition) is 5. The Kier molecular flexibility index (Phi) is 4.96. The molecule has 1 aromatic carbocycles. The van der Waals surface area contributed by atoms with Crippen LogP contribution in [0.1, 0.15) is 22.6 Å². The molecule has 0 saturated carbocycles. The largest absolute Gasteiger partial charge is 0.326 e. The third-order valence-corrected chi connectivity index (χ3v) is 4.58. The minimum atomic E-state index is -0.0155. The third kappa shape index (κ3) is 3.83. The van der Waals surface area contributed by atoms with Crippen LogP contribution in [0.4, 0.5) is 5.69 Å². The number of hydrogen-bond donors (Lipinski definition) is 1. The molecular weight excluding hydrogens is 320 g/mol. The normalized spacial score (nSPS) is 10.6. The van der Waals surface area contributed by atoms with Crippen molar-refractivity contribution in [1.82, 2.24) is 14.3 Å². The summed E-state index contributed by atoms with van der Waals surface area (Å²) in [5, 5.41) is 3.80. The summed E-state index contributed by atoms with van der Waals surface area (Å²) in [6.07, 6.45) is 2.67. The van der Waals surface area contributed by atoms with Crippen LogP contribution in [0.2, 0.25) is 0 Å². The van der Waals surface area contributed by atoms with Gasteiger partial charge in [0.05, 0.1) is 0 Å². The highest BCUT2D eigenvalue weighted by molar-refractivity contribution is 7.05. The number of nitrogens with one attached hydrogen (secondary N) is 1. The maximum atomic E-state index is 12.2. The summed E-state index contributed by atoms with van der Waals surface area (Å²) in [7, 11) is 0. The summed E-state index contributed by atoms with van der Waals surface area (Å²) in [6, 6.07) is 11.5. The lowest BCUT2D eigenvalue weighted by Gasteiger charge is -2.09. The van der Waals surface area contributed by atoms with Gasteiger partial charge in [0, 0.05) is 24.7 Å². The molecule has 24 heavy (non-hydrogen) atoms. The van der Waals surface area contributed by atoms with Crippen LogP contribution in [0.5, 0.6) is 0 Å². The molecule has 0 spiro atoms. The van der Waals surface area contributed by atoms with Crippen molar-refractivity contribution < 1.29 is 4.79 Å². The Bertz CT molecular complexity index is 845. The van der Waals surface area contributed by atoms with Crippen LogP contribution in [0.3, 0.4) is 0 Å². The van der Waals surface area contributed by atoms with Crippen molar-refractivity contribution in [2.24, 2.45) is 0 Å². The van der Waals surface area contributed by atoms with E-state index in [0.29, 0.717) is 18.7 Å². The fourth-order valence-electron chi connectivity index (χ4n) is 2.28. The number of benzene rings is 1. The Balaban J connectivity index is 1.59.